The second kappa shape index (κ2) is 8.98. The number of piperidine rings is 1. The van der Waals surface area contributed by atoms with Crippen LogP contribution in [0, 0.1) is 12.8 Å². The maximum absolute atomic E-state index is 12.7. The highest BCUT2D eigenvalue weighted by Crippen LogP contribution is 2.24. The molecule has 2 heterocycles. The normalized spacial score (nSPS) is 17.0. The molecule has 1 aromatic heterocycles. The summed E-state index contributed by atoms with van der Waals surface area (Å²) >= 11 is 0. The van der Waals surface area contributed by atoms with Gasteiger partial charge < -0.3 is 9.80 Å². The summed E-state index contributed by atoms with van der Waals surface area (Å²) in [5.41, 5.74) is 3.18. The highest BCUT2D eigenvalue weighted by atomic mass is 16.2. The molecule has 0 aliphatic carbocycles. The first-order valence-electron chi connectivity index (χ1n) is 9.99. The number of aryl methyl sites for hydroxylation is 1. The fourth-order valence-corrected chi connectivity index (χ4v) is 3.58. The summed E-state index contributed by atoms with van der Waals surface area (Å²) in [6.45, 7) is 6.73. The van der Waals surface area contributed by atoms with Crippen molar-refractivity contribution >= 4 is 11.7 Å². The quantitative estimate of drug-likeness (QED) is 0.777. The van der Waals surface area contributed by atoms with Crippen LogP contribution in [0.25, 0.3) is 11.3 Å². The summed E-state index contributed by atoms with van der Waals surface area (Å²) < 4.78 is 0. The van der Waals surface area contributed by atoms with E-state index >= 15 is 0 Å². The molecule has 0 bridgehead atoms. The van der Waals surface area contributed by atoms with Gasteiger partial charge in [0.1, 0.15) is 0 Å². The number of aromatic nitrogens is 2. The molecule has 0 saturated carbocycles. The Labute approximate surface area is 162 Å². The highest BCUT2D eigenvalue weighted by molar-refractivity contribution is 5.79. The predicted octanol–water partition coefficient (Wildman–Crippen LogP) is 3.93. The van der Waals surface area contributed by atoms with Crippen LogP contribution in [0.2, 0.25) is 0 Å². The van der Waals surface area contributed by atoms with Crippen LogP contribution in [-0.2, 0) is 4.79 Å². The lowest BCUT2D eigenvalue weighted by atomic mass is 9.96. The minimum atomic E-state index is 0.0548. The van der Waals surface area contributed by atoms with E-state index < -0.39 is 0 Å². The maximum Gasteiger partial charge on any atom is 0.227 e. The van der Waals surface area contributed by atoms with Crippen molar-refractivity contribution in [1.82, 2.24) is 15.1 Å². The topological polar surface area (TPSA) is 49.3 Å². The third kappa shape index (κ3) is 4.85. The van der Waals surface area contributed by atoms with Crippen LogP contribution in [0.3, 0.4) is 0 Å². The second-order valence-corrected chi connectivity index (χ2v) is 7.54. The number of hydrogen-bond donors (Lipinski definition) is 0. The summed E-state index contributed by atoms with van der Waals surface area (Å²) in [7, 11) is 1.92. The second-order valence-electron chi connectivity index (χ2n) is 7.54. The highest BCUT2D eigenvalue weighted by Gasteiger charge is 2.28. The minimum absolute atomic E-state index is 0.0548. The smallest absolute Gasteiger partial charge is 0.227 e. The number of unbranched alkanes of at least 4 members (excludes halogenated alkanes) is 1. The first-order chi connectivity index (χ1) is 13.1. The van der Waals surface area contributed by atoms with Crippen molar-refractivity contribution in [2.45, 2.75) is 39.5 Å². The van der Waals surface area contributed by atoms with Crippen molar-refractivity contribution in [2.75, 3.05) is 31.6 Å². The Morgan fingerprint density at radius 2 is 1.96 bits per heavy atom. The van der Waals surface area contributed by atoms with Gasteiger partial charge >= 0.3 is 0 Å². The Morgan fingerprint density at radius 3 is 2.63 bits per heavy atom. The Bertz CT molecular complexity index is 742. The zero-order chi connectivity index (χ0) is 19.2. The van der Waals surface area contributed by atoms with E-state index in [1.807, 2.05) is 24.1 Å². The lowest BCUT2D eigenvalue weighted by molar-refractivity contribution is -0.134. The van der Waals surface area contributed by atoms with E-state index in [0.717, 1.165) is 62.4 Å². The average Bonchev–Trinajstić information content (AvgIpc) is 2.72. The van der Waals surface area contributed by atoms with E-state index in [9.17, 15) is 4.79 Å². The van der Waals surface area contributed by atoms with Crippen molar-refractivity contribution in [2.24, 2.45) is 5.92 Å². The van der Waals surface area contributed by atoms with Crippen molar-refractivity contribution < 1.29 is 4.79 Å². The molecule has 1 aromatic carbocycles. The lowest BCUT2D eigenvalue weighted by Crippen LogP contribution is -2.44. The van der Waals surface area contributed by atoms with Gasteiger partial charge in [0, 0.05) is 32.2 Å². The fourth-order valence-electron chi connectivity index (χ4n) is 3.58. The summed E-state index contributed by atoms with van der Waals surface area (Å²) in [6, 6.07) is 12.4. The number of nitrogens with zero attached hydrogens (tertiary/aromatic N) is 4. The first kappa shape index (κ1) is 19.3. The van der Waals surface area contributed by atoms with Crippen LogP contribution >= 0.6 is 0 Å². The minimum Gasteiger partial charge on any atom is -0.354 e. The molecule has 144 valence electrons. The molecule has 5 heteroatoms. The molecule has 1 aliphatic rings. The summed E-state index contributed by atoms with van der Waals surface area (Å²) in [5, 5.41) is 8.85. The molecule has 1 saturated heterocycles. The van der Waals surface area contributed by atoms with Gasteiger partial charge in [-0.05, 0) is 38.3 Å². The van der Waals surface area contributed by atoms with Gasteiger partial charge in [-0.15, -0.1) is 10.2 Å². The summed E-state index contributed by atoms with van der Waals surface area (Å²) in [5.74, 6) is 1.18. The molecule has 1 atom stereocenters. The van der Waals surface area contributed by atoms with E-state index in [1.165, 1.54) is 5.56 Å². The number of carbonyl (C=O) groups is 1. The molecule has 1 fully saturated rings. The molecule has 1 unspecified atom stereocenters. The van der Waals surface area contributed by atoms with Crippen molar-refractivity contribution in [3.63, 3.8) is 0 Å². The van der Waals surface area contributed by atoms with Crippen LogP contribution in [0.4, 0.5) is 5.82 Å². The third-order valence-electron chi connectivity index (χ3n) is 5.32. The van der Waals surface area contributed by atoms with Crippen molar-refractivity contribution in [3.8, 4) is 11.3 Å². The molecule has 3 rings (SSSR count). The van der Waals surface area contributed by atoms with Crippen LogP contribution in [-0.4, -0.2) is 47.7 Å². The van der Waals surface area contributed by atoms with E-state index in [4.69, 9.17) is 0 Å². The fraction of sp³-hybridized carbons (Fsp3) is 0.500. The van der Waals surface area contributed by atoms with Gasteiger partial charge in [-0.25, -0.2) is 0 Å². The number of hydrogen-bond acceptors (Lipinski definition) is 4. The standard InChI is InChI=1S/C22H30N4O/c1-4-5-14-25(3)22(27)19-7-6-15-26(16-19)21-13-12-20(23-24-21)18-10-8-17(2)9-11-18/h8-13,19H,4-7,14-16H2,1-3H3. The lowest BCUT2D eigenvalue weighted by Gasteiger charge is -2.34. The van der Waals surface area contributed by atoms with E-state index in [0.29, 0.717) is 0 Å². The maximum atomic E-state index is 12.7. The zero-order valence-corrected chi connectivity index (χ0v) is 16.7. The van der Waals surface area contributed by atoms with Crippen molar-refractivity contribution in [1.29, 1.82) is 0 Å². The molecule has 2 aromatic rings. The molecule has 27 heavy (non-hydrogen) atoms. The van der Waals surface area contributed by atoms with Gasteiger partial charge in [0.05, 0.1) is 11.6 Å². The Morgan fingerprint density at radius 1 is 1.19 bits per heavy atom. The van der Waals surface area contributed by atoms with Gasteiger partial charge in [-0.2, -0.15) is 0 Å². The van der Waals surface area contributed by atoms with E-state index in [-0.39, 0.29) is 11.8 Å². The summed E-state index contributed by atoms with van der Waals surface area (Å²) in [6.07, 6.45) is 4.14. The van der Waals surface area contributed by atoms with Crippen LogP contribution in [0.15, 0.2) is 36.4 Å². The molecular formula is C22H30N4O. The molecule has 0 radical (unpaired) electrons. The molecule has 0 spiro atoms. The van der Waals surface area contributed by atoms with Crippen LogP contribution < -0.4 is 4.90 Å². The molecule has 1 amide bonds. The largest absolute Gasteiger partial charge is 0.354 e. The Kier molecular flexibility index (Phi) is 6.43. The molecular weight excluding hydrogens is 336 g/mol. The average molecular weight is 367 g/mol. The predicted molar refractivity (Wildman–Crippen MR) is 110 cm³/mol. The van der Waals surface area contributed by atoms with Gasteiger partial charge in [-0.1, -0.05) is 43.2 Å². The van der Waals surface area contributed by atoms with Crippen LogP contribution in [0.5, 0.6) is 0 Å². The van der Waals surface area contributed by atoms with Crippen molar-refractivity contribution in [3.05, 3.63) is 42.0 Å². The first-order valence-corrected chi connectivity index (χ1v) is 9.99. The molecule has 0 N–H and O–H groups in total. The van der Waals surface area contributed by atoms with Gasteiger partial charge in [0.25, 0.3) is 0 Å². The van der Waals surface area contributed by atoms with Crippen LogP contribution in [0.1, 0.15) is 38.2 Å². The number of carbonyl (C=O) groups excluding carboxylic acids is 1. The Balaban J connectivity index is 1.65. The SMILES string of the molecule is CCCCN(C)C(=O)C1CCCN(c2ccc(-c3ccc(C)cc3)nn2)C1. The Hall–Kier alpha value is -2.43. The van der Waals surface area contributed by atoms with E-state index in [2.05, 4.69) is 53.2 Å². The van der Waals surface area contributed by atoms with Gasteiger partial charge in [0.2, 0.25) is 5.91 Å². The number of amides is 1. The molecule has 5 nitrogen and oxygen atoms in total. The monoisotopic (exact) mass is 366 g/mol. The van der Waals surface area contributed by atoms with E-state index in [1.54, 1.807) is 0 Å². The molecule has 1 aliphatic heterocycles. The van der Waals surface area contributed by atoms with Gasteiger partial charge in [-0.3, -0.25) is 4.79 Å². The third-order valence-corrected chi connectivity index (χ3v) is 5.32. The number of anilines is 1. The van der Waals surface area contributed by atoms with Gasteiger partial charge in [0.15, 0.2) is 5.82 Å². The number of benzene rings is 1. The zero-order valence-electron chi connectivity index (χ0n) is 16.7. The summed E-state index contributed by atoms with van der Waals surface area (Å²) in [4.78, 5) is 16.8. The number of rotatable bonds is 6.